The summed E-state index contributed by atoms with van der Waals surface area (Å²) in [5.74, 6) is 1.66. The number of nitrogens with zero attached hydrogens (tertiary/aromatic N) is 2. The maximum Gasteiger partial charge on any atom is 0.135 e. The standard InChI is InChI=1S/C21H27ClN2O3/c22-18-4-2-1-3-17(18)21-6-5-16(27-21)13-23-10-9-19(20(26)14-23)24-11-7-15(25)8-12-24/h1-6,15,19-20,25-26H,7-14H2/t19-,20-/m1/s1. The fourth-order valence-corrected chi connectivity index (χ4v) is 4.49. The van der Waals surface area contributed by atoms with Crippen LogP contribution in [0.5, 0.6) is 0 Å². The highest BCUT2D eigenvalue weighted by molar-refractivity contribution is 6.33. The Morgan fingerprint density at radius 2 is 1.78 bits per heavy atom. The minimum Gasteiger partial charge on any atom is -0.460 e. The lowest BCUT2D eigenvalue weighted by Crippen LogP contribution is -2.55. The van der Waals surface area contributed by atoms with E-state index in [9.17, 15) is 10.2 Å². The van der Waals surface area contributed by atoms with E-state index in [1.165, 1.54) is 0 Å². The van der Waals surface area contributed by atoms with Crippen LogP contribution in [0.25, 0.3) is 11.3 Å². The highest BCUT2D eigenvalue weighted by atomic mass is 35.5. The predicted octanol–water partition coefficient (Wildman–Crippen LogP) is 2.99. The van der Waals surface area contributed by atoms with Crippen molar-refractivity contribution in [2.24, 2.45) is 0 Å². The summed E-state index contributed by atoms with van der Waals surface area (Å²) in [6, 6.07) is 11.8. The Labute approximate surface area is 165 Å². The fraction of sp³-hybridized carbons (Fsp3) is 0.524. The van der Waals surface area contributed by atoms with E-state index in [2.05, 4.69) is 9.80 Å². The molecule has 3 heterocycles. The van der Waals surface area contributed by atoms with Gasteiger partial charge in [-0.3, -0.25) is 9.80 Å². The lowest BCUT2D eigenvalue weighted by atomic mass is 9.96. The van der Waals surface area contributed by atoms with E-state index in [0.717, 1.165) is 56.0 Å². The van der Waals surface area contributed by atoms with Crippen LogP contribution in [-0.4, -0.2) is 64.4 Å². The van der Waals surface area contributed by atoms with Gasteiger partial charge in [-0.25, -0.2) is 0 Å². The highest BCUT2D eigenvalue weighted by Crippen LogP contribution is 2.30. The van der Waals surface area contributed by atoms with Crippen LogP contribution in [0.1, 0.15) is 25.0 Å². The van der Waals surface area contributed by atoms with Crippen molar-refractivity contribution < 1.29 is 14.6 Å². The first-order valence-corrected chi connectivity index (χ1v) is 10.1. The quantitative estimate of drug-likeness (QED) is 0.840. The summed E-state index contributed by atoms with van der Waals surface area (Å²) in [4.78, 5) is 4.59. The van der Waals surface area contributed by atoms with Gasteiger partial charge in [-0.2, -0.15) is 0 Å². The molecular weight excluding hydrogens is 364 g/mol. The molecule has 1 aromatic heterocycles. The number of halogens is 1. The molecule has 146 valence electrons. The van der Waals surface area contributed by atoms with Crippen LogP contribution in [0.2, 0.25) is 5.02 Å². The first-order valence-electron chi connectivity index (χ1n) is 9.76. The third kappa shape index (κ3) is 4.39. The molecule has 0 saturated carbocycles. The molecule has 2 aromatic rings. The zero-order valence-corrected chi connectivity index (χ0v) is 16.2. The van der Waals surface area contributed by atoms with Crippen molar-refractivity contribution in [2.45, 2.75) is 44.1 Å². The Morgan fingerprint density at radius 3 is 2.52 bits per heavy atom. The number of furan rings is 1. The lowest BCUT2D eigenvalue weighted by molar-refractivity contribution is -0.0365. The molecule has 4 rings (SSSR count). The molecule has 0 unspecified atom stereocenters. The monoisotopic (exact) mass is 390 g/mol. The number of aliphatic hydroxyl groups is 2. The van der Waals surface area contributed by atoms with Gasteiger partial charge in [0, 0.05) is 37.8 Å². The third-order valence-electron chi connectivity index (χ3n) is 5.78. The van der Waals surface area contributed by atoms with E-state index in [-0.39, 0.29) is 18.2 Å². The second kappa shape index (κ2) is 8.33. The Kier molecular flexibility index (Phi) is 5.85. The molecule has 5 nitrogen and oxygen atoms in total. The van der Waals surface area contributed by atoms with Gasteiger partial charge >= 0.3 is 0 Å². The number of β-amino-alcohol motifs (C(OH)–C–C–N with tert-alkyl or cyclic N) is 1. The van der Waals surface area contributed by atoms with Crippen LogP contribution in [0.15, 0.2) is 40.8 Å². The molecule has 0 aliphatic carbocycles. The van der Waals surface area contributed by atoms with E-state index >= 15 is 0 Å². The zero-order chi connectivity index (χ0) is 18.8. The smallest absolute Gasteiger partial charge is 0.135 e. The first kappa shape index (κ1) is 19.0. The number of benzene rings is 1. The maximum atomic E-state index is 10.7. The lowest BCUT2D eigenvalue weighted by Gasteiger charge is -2.43. The second-order valence-electron chi connectivity index (χ2n) is 7.67. The molecule has 2 aliphatic rings. The van der Waals surface area contributed by atoms with Crippen molar-refractivity contribution >= 4 is 11.6 Å². The first-order chi connectivity index (χ1) is 13.1. The number of likely N-dealkylation sites (tertiary alicyclic amines) is 2. The van der Waals surface area contributed by atoms with Crippen LogP contribution >= 0.6 is 11.6 Å². The van der Waals surface area contributed by atoms with Gasteiger partial charge in [0.15, 0.2) is 0 Å². The molecule has 2 atom stereocenters. The van der Waals surface area contributed by atoms with Gasteiger partial charge in [-0.15, -0.1) is 0 Å². The van der Waals surface area contributed by atoms with Crippen LogP contribution in [-0.2, 0) is 6.54 Å². The van der Waals surface area contributed by atoms with Gasteiger partial charge in [-0.05, 0) is 43.5 Å². The second-order valence-corrected chi connectivity index (χ2v) is 8.08. The normalized spacial score (nSPS) is 25.7. The van der Waals surface area contributed by atoms with E-state index in [1.54, 1.807) is 0 Å². The molecule has 0 amide bonds. The van der Waals surface area contributed by atoms with E-state index in [4.69, 9.17) is 16.0 Å². The summed E-state index contributed by atoms with van der Waals surface area (Å²) in [6.07, 6.45) is 2.01. The molecule has 0 spiro atoms. The Balaban J connectivity index is 1.34. The fourth-order valence-electron chi connectivity index (χ4n) is 4.26. The summed E-state index contributed by atoms with van der Waals surface area (Å²) < 4.78 is 6.00. The summed E-state index contributed by atoms with van der Waals surface area (Å²) in [5, 5.41) is 21.0. The highest BCUT2D eigenvalue weighted by Gasteiger charge is 2.34. The van der Waals surface area contributed by atoms with E-state index in [1.807, 2.05) is 36.4 Å². The SMILES string of the molecule is OC1CCN([C@@H]2CCN(Cc3ccc(-c4ccccc4Cl)o3)C[C@H]2O)CC1. The summed E-state index contributed by atoms with van der Waals surface area (Å²) in [5.41, 5.74) is 0.899. The van der Waals surface area contributed by atoms with Gasteiger partial charge in [-0.1, -0.05) is 23.7 Å². The molecule has 1 aromatic carbocycles. The maximum absolute atomic E-state index is 10.7. The van der Waals surface area contributed by atoms with Crippen molar-refractivity contribution in [1.82, 2.24) is 9.80 Å². The predicted molar refractivity (Wildman–Crippen MR) is 106 cm³/mol. The average molecular weight is 391 g/mol. The Morgan fingerprint density at radius 1 is 1.00 bits per heavy atom. The minimum absolute atomic E-state index is 0.176. The van der Waals surface area contributed by atoms with Gasteiger partial charge < -0.3 is 14.6 Å². The number of rotatable bonds is 4. The zero-order valence-electron chi connectivity index (χ0n) is 15.4. The molecule has 0 radical (unpaired) electrons. The van der Waals surface area contributed by atoms with Crippen molar-refractivity contribution in [3.63, 3.8) is 0 Å². The number of piperidine rings is 2. The molecule has 0 bridgehead atoms. The van der Waals surface area contributed by atoms with Gasteiger partial charge in [0.25, 0.3) is 0 Å². The Bertz CT molecular complexity index is 757. The van der Waals surface area contributed by atoms with Crippen molar-refractivity contribution in [3.05, 3.63) is 47.2 Å². The van der Waals surface area contributed by atoms with E-state index in [0.29, 0.717) is 18.1 Å². The number of hydrogen-bond acceptors (Lipinski definition) is 5. The van der Waals surface area contributed by atoms with Crippen LogP contribution < -0.4 is 0 Å². The van der Waals surface area contributed by atoms with Crippen molar-refractivity contribution in [3.8, 4) is 11.3 Å². The van der Waals surface area contributed by atoms with Gasteiger partial charge in [0.1, 0.15) is 11.5 Å². The summed E-state index contributed by atoms with van der Waals surface area (Å²) in [7, 11) is 0. The van der Waals surface area contributed by atoms with Crippen LogP contribution in [0, 0.1) is 0 Å². The van der Waals surface area contributed by atoms with Crippen LogP contribution in [0.4, 0.5) is 0 Å². The number of hydrogen-bond donors (Lipinski definition) is 2. The number of aliphatic hydroxyl groups excluding tert-OH is 2. The average Bonchev–Trinajstić information content (AvgIpc) is 3.11. The van der Waals surface area contributed by atoms with Crippen LogP contribution in [0.3, 0.4) is 0 Å². The van der Waals surface area contributed by atoms with Gasteiger partial charge in [0.2, 0.25) is 0 Å². The summed E-state index contributed by atoms with van der Waals surface area (Å²) in [6.45, 7) is 4.02. The molecule has 27 heavy (non-hydrogen) atoms. The summed E-state index contributed by atoms with van der Waals surface area (Å²) >= 11 is 6.25. The third-order valence-corrected chi connectivity index (χ3v) is 6.11. The topological polar surface area (TPSA) is 60.1 Å². The van der Waals surface area contributed by atoms with E-state index < -0.39 is 0 Å². The molecule has 2 aliphatic heterocycles. The Hall–Kier alpha value is -1.37. The molecule has 2 saturated heterocycles. The molecular formula is C21H27ClN2O3. The molecule has 6 heteroatoms. The van der Waals surface area contributed by atoms with Crippen molar-refractivity contribution in [2.75, 3.05) is 26.2 Å². The molecule has 2 fully saturated rings. The van der Waals surface area contributed by atoms with Gasteiger partial charge in [0.05, 0.1) is 23.8 Å². The largest absolute Gasteiger partial charge is 0.460 e. The minimum atomic E-state index is -0.369. The van der Waals surface area contributed by atoms with Crippen molar-refractivity contribution in [1.29, 1.82) is 0 Å². The molecule has 2 N–H and O–H groups in total.